The van der Waals surface area contributed by atoms with E-state index in [2.05, 4.69) is 43.8 Å². The molecule has 0 aromatic heterocycles. The van der Waals surface area contributed by atoms with Crippen LogP contribution in [0.2, 0.25) is 0 Å². The Kier molecular flexibility index (Phi) is 6.27. The second-order valence-electron chi connectivity index (χ2n) is 6.13. The van der Waals surface area contributed by atoms with Crippen LogP contribution in [0.25, 0.3) is 6.08 Å². The van der Waals surface area contributed by atoms with Crippen LogP contribution in [0.5, 0.6) is 11.5 Å². The van der Waals surface area contributed by atoms with Gasteiger partial charge in [0, 0.05) is 4.47 Å². The number of methoxy groups -OCH3 is 2. The van der Waals surface area contributed by atoms with E-state index in [-0.39, 0.29) is 5.57 Å². The quantitative estimate of drug-likeness (QED) is 0.341. The summed E-state index contributed by atoms with van der Waals surface area (Å²) in [5.41, 5.74) is 1.51. The SMILES string of the molecule is COc1cc(/C=C2/C(=O)NC(=O)N(c3ccc(Br)cc3C)C2=O)cc(I)c1OC. The minimum atomic E-state index is -0.788. The van der Waals surface area contributed by atoms with Crippen LogP contribution in [0.4, 0.5) is 10.5 Å². The molecule has 3 rings (SSSR count). The van der Waals surface area contributed by atoms with Crippen LogP contribution in [0.3, 0.4) is 0 Å². The van der Waals surface area contributed by atoms with Gasteiger partial charge in [-0.2, -0.15) is 0 Å². The Labute approximate surface area is 189 Å². The summed E-state index contributed by atoms with van der Waals surface area (Å²) in [7, 11) is 3.03. The number of imide groups is 2. The molecule has 0 atom stereocenters. The van der Waals surface area contributed by atoms with Crippen molar-refractivity contribution in [2.24, 2.45) is 0 Å². The summed E-state index contributed by atoms with van der Waals surface area (Å²) in [6, 6.07) is 7.76. The number of aryl methyl sites for hydroxylation is 1. The molecule has 0 spiro atoms. The molecule has 7 nitrogen and oxygen atoms in total. The number of nitrogens with zero attached hydrogens (tertiary/aromatic N) is 1. The lowest BCUT2D eigenvalue weighted by Crippen LogP contribution is -2.54. The fourth-order valence-electron chi connectivity index (χ4n) is 2.93. The lowest BCUT2D eigenvalue weighted by Gasteiger charge is -2.27. The molecular formula is C20H16BrIN2O5. The van der Waals surface area contributed by atoms with Crippen molar-refractivity contribution >= 4 is 68.1 Å². The Morgan fingerprint density at radius 2 is 1.83 bits per heavy atom. The van der Waals surface area contributed by atoms with E-state index in [9.17, 15) is 14.4 Å². The molecule has 1 heterocycles. The van der Waals surface area contributed by atoms with E-state index in [0.29, 0.717) is 28.3 Å². The van der Waals surface area contributed by atoms with Gasteiger partial charge in [0.2, 0.25) is 0 Å². The third-order valence-electron chi connectivity index (χ3n) is 4.27. The number of ether oxygens (including phenoxy) is 2. The molecular weight excluding hydrogens is 555 g/mol. The second-order valence-corrected chi connectivity index (χ2v) is 8.20. The van der Waals surface area contributed by atoms with E-state index in [0.717, 1.165) is 12.9 Å². The topological polar surface area (TPSA) is 84.9 Å². The van der Waals surface area contributed by atoms with Crippen molar-refractivity contribution in [1.29, 1.82) is 0 Å². The summed E-state index contributed by atoms with van der Waals surface area (Å²) in [4.78, 5) is 38.8. The van der Waals surface area contributed by atoms with Crippen molar-refractivity contribution in [2.75, 3.05) is 19.1 Å². The number of benzene rings is 2. The van der Waals surface area contributed by atoms with Crippen LogP contribution in [-0.4, -0.2) is 32.1 Å². The minimum absolute atomic E-state index is 0.157. The Hall–Kier alpha value is -2.40. The molecule has 2 aromatic rings. The summed E-state index contributed by atoms with van der Waals surface area (Å²) in [5, 5.41) is 2.23. The monoisotopic (exact) mass is 570 g/mol. The highest BCUT2D eigenvalue weighted by Gasteiger charge is 2.37. The van der Waals surface area contributed by atoms with Gasteiger partial charge in [-0.15, -0.1) is 0 Å². The number of barbiturate groups is 1. The molecule has 0 aliphatic carbocycles. The predicted molar refractivity (Wildman–Crippen MR) is 120 cm³/mol. The zero-order valence-electron chi connectivity index (χ0n) is 15.7. The van der Waals surface area contributed by atoms with Crippen LogP contribution in [0.15, 0.2) is 40.4 Å². The standard InChI is InChI=1S/C20H16BrIN2O5/c1-10-6-12(21)4-5-15(10)24-19(26)13(18(25)23-20(24)27)7-11-8-14(22)17(29-3)16(9-11)28-2/h4-9H,1-3H3,(H,23,25,27)/b13-7-. The lowest BCUT2D eigenvalue weighted by molar-refractivity contribution is -0.122. The normalized spacial score (nSPS) is 15.6. The largest absolute Gasteiger partial charge is 0.493 e. The van der Waals surface area contributed by atoms with Crippen molar-refractivity contribution in [3.63, 3.8) is 0 Å². The average molecular weight is 571 g/mol. The zero-order chi connectivity index (χ0) is 21.3. The first-order valence-corrected chi connectivity index (χ1v) is 10.2. The van der Waals surface area contributed by atoms with Crippen LogP contribution < -0.4 is 19.7 Å². The fraction of sp³-hybridized carbons (Fsp3) is 0.150. The molecule has 0 bridgehead atoms. The number of hydrogen-bond acceptors (Lipinski definition) is 5. The van der Waals surface area contributed by atoms with Gasteiger partial charge in [0.05, 0.1) is 23.5 Å². The number of rotatable bonds is 4. The molecule has 1 N–H and O–H groups in total. The van der Waals surface area contributed by atoms with Gasteiger partial charge in [0.25, 0.3) is 11.8 Å². The predicted octanol–water partition coefficient (Wildman–Crippen LogP) is 4.05. The number of nitrogens with one attached hydrogen (secondary N) is 1. The molecule has 1 fully saturated rings. The summed E-state index contributed by atoms with van der Waals surface area (Å²) in [6.45, 7) is 1.77. The number of amides is 4. The van der Waals surface area contributed by atoms with Gasteiger partial charge in [0.15, 0.2) is 11.5 Å². The van der Waals surface area contributed by atoms with Gasteiger partial charge in [-0.3, -0.25) is 14.9 Å². The Balaban J connectivity index is 2.07. The first-order chi connectivity index (χ1) is 13.8. The molecule has 4 amide bonds. The maximum Gasteiger partial charge on any atom is 0.335 e. The van der Waals surface area contributed by atoms with Gasteiger partial charge in [-0.25, -0.2) is 9.69 Å². The summed E-state index contributed by atoms with van der Waals surface area (Å²) >= 11 is 5.43. The van der Waals surface area contributed by atoms with Crippen LogP contribution in [0, 0.1) is 10.5 Å². The number of urea groups is 1. The average Bonchev–Trinajstić information content (AvgIpc) is 2.66. The molecule has 150 valence electrons. The molecule has 1 aliphatic heterocycles. The maximum atomic E-state index is 13.1. The number of carbonyl (C=O) groups is 3. The Morgan fingerprint density at radius 1 is 1.10 bits per heavy atom. The number of hydrogen-bond donors (Lipinski definition) is 1. The van der Waals surface area contributed by atoms with Gasteiger partial charge in [-0.05, 0) is 77.0 Å². The van der Waals surface area contributed by atoms with Crippen molar-refractivity contribution in [3.05, 3.63) is 55.1 Å². The first-order valence-electron chi connectivity index (χ1n) is 8.36. The van der Waals surface area contributed by atoms with Crippen LogP contribution in [0.1, 0.15) is 11.1 Å². The second kappa shape index (κ2) is 8.54. The molecule has 0 unspecified atom stereocenters. The van der Waals surface area contributed by atoms with E-state index in [1.165, 1.54) is 20.3 Å². The third-order valence-corrected chi connectivity index (χ3v) is 5.56. The van der Waals surface area contributed by atoms with Gasteiger partial charge in [0.1, 0.15) is 5.57 Å². The maximum absolute atomic E-state index is 13.1. The molecule has 29 heavy (non-hydrogen) atoms. The van der Waals surface area contributed by atoms with E-state index >= 15 is 0 Å². The van der Waals surface area contributed by atoms with Crippen LogP contribution in [-0.2, 0) is 9.59 Å². The smallest absolute Gasteiger partial charge is 0.335 e. The highest BCUT2D eigenvalue weighted by molar-refractivity contribution is 14.1. The van der Waals surface area contributed by atoms with Gasteiger partial charge >= 0.3 is 6.03 Å². The summed E-state index contributed by atoms with van der Waals surface area (Å²) < 4.78 is 12.2. The highest BCUT2D eigenvalue weighted by Crippen LogP contribution is 2.35. The molecule has 0 radical (unpaired) electrons. The Bertz CT molecular complexity index is 1070. The van der Waals surface area contributed by atoms with Crippen LogP contribution >= 0.6 is 38.5 Å². The fourth-order valence-corrected chi connectivity index (χ4v) is 4.26. The van der Waals surface area contributed by atoms with E-state index < -0.39 is 17.8 Å². The number of carbonyl (C=O) groups excluding carboxylic acids is 3. The van der Waals surface area contributed by atoms with Gasteiger partial charge in [-0.1, -0.05) is 15.9 Å². The molecule has 2 aromatic carbocycles. The lowest BCUT2D eigenvalue weighted by atomic mass is 10.1. The van der Waals surface area contributed by atoms with Crippen molar-refractivity contribution in [1.82, 2.24) is 5.32 Å². The zero-order valence-corrected chi connectivity index (χ0v) is 19.5. The van der Waals surface area contributed by atoms with Crippen molar-refractivity contribution in [3.8, 4) is 11.5 Å². The van der Waals surface area contributed by atoms with Crippen molar-refractivity contribution in [2.45, 2.75) is 6.92 Å². The van der Waals surface area contributed by atoms with E-state index in [1.54, 1.807) is 37.3 Å². The molecule has 9 heteroatoms. The minimum Gasteiger partial charge on any atom is -0.493 e. The number of halogens is 2. The third kappa shape index (κ3) is 4.15. The van der Waals surface area contributed by atoms with Crippen molar-refractivity contribution < 1.29 is 23.9 Å². The Morgan fingerprint density at radius 3 is 2.45 bits per heavy atom. The van der Waals surface area contributed by atoms with Gasteiger partial charge < -0.3 is 9.47 Å². The van der Waals surface area contributed by atoms with E-state index in [4.69, 9.17) is 9.47 Å². The summed E-state index contributed by atoms with van der Waals surface area (Å²) in [5.74, 6) is -0.437. The molecule has 0 saturated carbocycles. The molecule has 1 aliphatic rings. The highest BCUT2D eigenvalue weighted by atomic mass is 127. The number of anilines is 1. The molecule has 1 saturated heterocycles. The first kappa shape index (κ1) is 21.3. The van der Waals surface area contributed by atoms with E-state index in [1.807, 2.05) is 0 Å². The summed E-state index contributed by atoms with van der Waals surface area (Å²) in [6.07, 6.45) is 1.43.